The number of hydrogen-bond acceptors (Lipinski definition) is 3. The molecule has 3 rings (SSSR count). The van der Waals surface area contributed by atoms with Gasteiger partial charge in [-0.3, -0.25) is 9.59 Å². The summed E-state index contributed by atoms with van der Waals surface area (Å²) in [6, 6.07) is 9.25. The van der Waals surface area contributed by atoms with Crippen LogP contribution in [0.4, 0.5) is 13.2 Å². The monoisotopic (exact) mass is 376 g/mol. The number of carbonyl (C=O) groups excluding carboxylic acids is 1. The number of aromatic amines is 1. The van der Waals surface area contributed by atoms with E-state index in [9.17, 15) is 22.8 Å². The van der Waals surface area contributed by atoms with Crippen molar-refractivity contribution in [3.8, 4) is 5.75 Å². The number of ether oxygens (including phenoxy) is 1. The molecule has 0 aliphatic heterocycles. The van der Waals surface area contributed by atoms with Crippen LogP contribution in [0.15, 0.2) is 59.5 Å². The highest BCUT2D eigenvalue weighted by molar-refractivity contribution is 6.06. The first-order valence-corrected chi connectivity index (χ1v) is 7.93. The number of amides is 1. The number of H-pyrrole nitrogens is 1. The number of alkyl halides is 3. The molecule has 5 nitrogen and oxygen atoms in total. The minimum absolute atomic E-state index is 0.0482. The molecule has 1 amide bonds. The number of methoxy groups -OCH3 is 1. The zero-order valence-corrected chi connectivity index (χ0v) is 14.1. The highest BCUT2D eigenvalue weighted by Crippen LogP contribution is 2.34. The molecular weight excluding hydrogens is 361 g/mol. The van der Waals surface area contributed by atoms with Gasteiger partial charge in [0.05, 0.1) is 12.7 Å². The Labute approximate surface area is 151 Å². The van der Waals surface area contributed by atoms with Gasteiger partial charge in [0.2, 0.25) is 0 Å². The van der Waals surface area contributed by atoms with Crippen molar-refractivity contribution >= 4 is 16.7 Å². The van der Waals surface area contributed by atoms with Crippen LogP contribution in [0.2, 0.25) is 0 Å². The largest absolute Gasteiger partial charge is 0.497 e. The maximum atomic E-state index is 13.5. The number of aromatic nitrogens is 1. The average molecular weight is 376 g/mol. The van der Waals surface area contributed by atoms with Crippen LogP contribution in [0.25, 0.3) is 10.8 Å². The lowest BCUT2D eigenvalue weighted by Gasteiger charge is -2.22. The van der Waals surface area contributed by atoms with Crippen molar-refractivity contribution in [1.29, 1.82) is 0 Å². The Morgan fingerprint density at radius 1 is 1.07 bits per heavy atom. The van der Waals surface area contributed by atoms with Gasteiger partial charge in [0.15, 0.2) is 6.04 Å². The summed E-state index contributed by atoms with van der Waals surface area (Å²) in [6.07, 6.45) is -3.59. The summed E-state index contributed by atoms with van der Waals surface area (Å²) in [5.74, 6) is -0.543. The summed E-state index contributed by atoms with van der Waals surface area (Å²) >= 11 is 0. The van der Waals surface area contributed by atoms with Crippen LogP contribution >= 0.6 is 0 Å². The minimum Gasteiger partial charge on any atom is -0.497 e. The fraction of sp³-hybridized carbons (Fsp3) is 0.158. The minimum atomic E-state index is -4.71. The van der Waals surface area contributed by atoms with E-state index in [1.54, 1.807) is 12.1 Å². The summed E-state index contributed by atoms with van der Waals surface area (Å²) in [5.41, 5.74) is -0.608. The van der Waals surface area contributed by atoms with Crippen LogP contribution in [0.5, 0.6) is 5.75 Å². The maximum absolute atomic E-state index is 13.5. The third-order valence-corrected chi connectivity index (χ3v) is 4.11. The molecule has 140 valence electrons. The number of rotatable bonds is 4. The molecule has 1 aromatic heterocycles. The lowest BCUT2D eigenvalue weighted by Crippen LogP contribution is -2.38. The second-order valence-corrected chi connectivity index (χ2v) is 5.80. The van der Waals surface area contributed by atoms with Gasteiger partial charge in [0.1, 0.15) is 5.75 Å². The summed E-state index contributed by atoms with van der Waals surface area (Å²) in [5, 5.41) is 2.50. The van der Waals surface area contributed by atoms with Gasteiger partial charge < -0.3 is 15.0 Å². The number of pyridine rings is 1. The van der Waals surface area contributed by atoms with E-state index in [2.05, 4.69) is 4.98 Å². The van der Waals surface area contributed by atoms with Crippen LogP contribution in [0.1, 0.15) is 22.0 Å². The van der Waals surface area contributed by atoms with Crippen molar-refractivity contribution in [1.82, 2.24) is 10.3 Å². The third kappa shape index (κ3) is 3.79. The normalized spacial score (nSPS) is 12.6. The molecular formula is C19H15F3N2O3. The van der Waals surface area contributed by atoms with Crippen LogP contribution in [0, 0.1) is 0 Å². The van der Waals surface area contributed by atoms with Crippen molar-refractivity contribution < 1.29 is 22.7 Å². The lowest BCUT2D eigenvalue weighted by molar-refractivity contribution is -0.155. The third-order valence-electron chi connectivity index (χ3n) is 4.11. The fourth-order valence-electron chi connectivity index (χ4n) is 2.76. The van der Waals surface area contributed by atoms with Gasteiger partial charge in [-0.05, 0) is 23.8 Å². The van der Waals surface area contributed by atoms with E-state index >= 15 is 0 Å². The highest BCUT2D eigenvalue weighted by Gasteiger charge is 2.42. The number of halogens is 3. The molecule has 1 heterocycles. The number of benzene rings is 2. The van der Waals surface area contributed by atoms with E-state index in [1.165, 1.54) is 43.5 Å². The summed E-state index contributed by atoms with van der Waals surface area (Å²) in [7, 11) is 1.40. The summed E-state index contributed by atoms with van der Waals surface area (Å²) < 4.78 is 45.6. The Hall–Kier alpha value is -3.29. The smallest absolute Gasteiger partial charge is 0.412 e. The van der Waals surface area contributed by atoms with Crippen molar-refractivity contribution in [2.24, 2.45) is 0 Å². The second kappa shape index (κ2) is 7.14. The molecule has 8 heteroatoms. The Balaban J connectivity index is 1.98. The highest BCUT2D eigenvalue weighted by atomic mass is 19.4. The molecule has 3 aromatic rings. The molecule has 1 atom stereocenters. The molecule has 0 fully saturated rings. The van der Waals surface area contributed by atoms with Gasteiger partial charge in [-0.2, -0.15) is 13.2 Å². The molecule has 1 unspecified atom stereocenters. The molecule has 0 aliphatic rings. The quantitative estimate of drug-likeness (QED) is 0.731. The van der Waals surface area contributed by atoms with Crippen molar-refractivity contribution in [3.05, 3.63) is 76.2 Å². The number of carbonyl (C=O) groups is 1. The zero-order chi connectivity index (χ0) is 19.6. The van der Waals surface area contributed by atoms with Gasteiger partial charge in [-0.25, -0.2) is 0 Å². The molecule has 0 radical (unpaired) electrons. The van der Waals surface area contributed by atoms with Crippen LogP contribution in [-0.2, 0) is 0 Å². The molecule has 0 bridgehead atoms. The predicted octanol–water partition coefficient (Wildman–Crippen LogP) is 3.57. The Morgan fingerprint density at radius 2 is 1.70 bits per heavy atom. The second-order valence-electron chi connectivity index (χ2n) is 5.80. The number of hydrogen-bond donors (Lipinski definition) is 2. The van der Waals surface area contributed by atoms with Gasteiger partial charge in [-0.1, -0.05) is 30.3 Å². The standard InChI is InChI=1S/C19H15F3N2O3/c1-27-12-8-6-11(7-9-12)16(19(20,21)22)24-18(26)15-10-23-17(25)14-5-3-2-4-13(14)15/h2-10,16H,1H3,(H,23,25)(H,24,26). The molecule has 27 heavy (non-hydrogen) atoms. The van der Waals surface area contributed by atoms with Crippen LogP contribution in [-0.4, -0.2) is 24.2 Å². The Bertz CT molecular complexity index is 1030. The van der Waals surface area contributed by atoms with Crippen molar-refractivity contribution in [3.63, 3.8) is 0 Å². The number of fused-ring (bicyclic) bond motifs is 1. The van der Waals surface area contributed by atoms with E-state index in [-0.39, 0.29) is 21.9 Å². The van der Waals surface area contributed by atoms with E-state index in [0.29, 0.717) is 5.75 Å². The predicted molar refractivity (Wildman–Crippen MR) is 93.8 cm³/mol. The van der Waals surface area contributed by atoms with Gasteiger partial charge in [0.25, 0.3) is 11.5 Å². The zero-order valence-electron chi connectivity index (χ0n) is 14.1. The average Bonchev–Trinajstić information content (AvgIpc) is 2.66. The van der Waals surface area contributed by atoms with Crippen LogP contribution in [0.3, 0.4) is 0 Å². The molecule has 0 aliphatic carbocycles. The summed E-state index contributed by atoms with van der Waals surface area (Å²) in [6.45, 7) is 0. The fourth-order valence-corrected chi connectivity index (χ4v) is 2.76. The van der Waals surface area contributed by atoms with E-state index < -0.39 is 23.7 Å². The van der Waals surface area contributed by atoms with Gasteiger partial charge in [0, 0.05) is 17.0 Å². The maximum Gasteiger partial charge on any atom is 0.412 e. The molecule has 2 aromatic carbocycles. The van der Waals surface area contributed by atoms with E-state index in [4.69, 9.17) is 4.74 Å². The van der Waals surface area contributed by atoms with Gasteiger partial charge in [-0.15, -0.1) is 0 Å². The van der Waals surface area contributed by atoms with E-state index in [1.807, 2.05) is 5.32 Å². The topological polar surface area (TPSA) is 71.2 Å². The molecule has 2 N–H and O–H groups in total. The van der Waals surface area contributed by atoms with Crippen molar-refractivity contribution in [2.45, 2.75) is 12.2 Å². The molecule has 0 saturated carbocycles. The van der Waals surface area contributed by atoms with Gasteiger partial charge >= 0.3 is 6.18 Å². The summed E-state index contributed by atoms with van der Waals surface area (Å²) in [4.78, 5) is 26.8. The Morgan fingerprint density at radius 3 is 2.30 bits per heavy atom. The lowest BCUT2D eigenvalue weighted by atomic mass is 10.0. The molecule has 0 spiro atoms. The van der Waals surface area contributed by atoms with E-state index in [0.717, 1.165) is 6.20 Å². The van der Waals surface area contributed by atoms with Crippen molar-refractivity contribution in [2.75, 3.05) is 7.11 Å². The first kappa shape index (κ1) is 18.5. The van der Waals surface area contributed by atoms with Crippen LogP contribution < -0.4 is 15.6 Å². The first-order chi connectivity index (χ1) is 12.8. The Kier molecular flexibility index (Phi) is 4.89. The number of nitrogens with one attached hydrogen (secondary N) is 2. The SMILES string of the molecule is COc1ccc(C(NC(=O)c2c[nH]c(=O)c3ccccc23)C(F)(F)F)cc1. The molecule has 0 saturated heterocycles. The first-order valence-electron chi connectivity index (χ1n) is 7.93.